The number of likely N-dealkylation sites (tertiary alicyclic amines) is 2. The fourth-order valence-corrected chi connectivity index (χ4v) is 3.33. The van der Waals surface area contributed by atoms with Crippen LogP contribution in [0.4, 0.5) is 4.79 Å². The summed E-state index contributed by atoms with van der Waals surface area (Å²) in [6.07, 6.45) is 1.29. The SMILES string of the molecule is CNC(=O)C1(C)CCN(C(=O)N2CCC(C)C2C(=O)O)C1. The average molecular weight is 297 g/mol. The van der Waals surface area contributed by atoms with Crippen molar-refractivity contribution in [3.63, 3.8) is 0 Å². The Morgan fingerprint density at radius 1 is 1.29 bits per heavy atom. The molecule has 0 aromatic carbocycles. The van der Waals surface area contributed by atoms with Gasteiger partial charge in [0.2, 0.25) is 5.91 Å². The maximum absolute atomic E-state index is 12.6. The number of hydrogen-bond acceptors (Lipinski definition) is 3. The number of carboxylic acid groups (broad SMARTS) is 1. The van der Waals surface area contributed by atoms with Gasteiger partial charge in [0.15, 0.2) is 0 Å². The van der Waals surface area contributed by atoms with Crippen LogP contribution in [0.15, 0.2) is 0 Å². The largest absolute Gasteiger partial charge is 0.480 e. The molecule has 7 nitrogen and oxygen atoms in total. The molecule has 3 unspecified atom stereocenters. The van der Waals surface area contributed by atoms with E-state index in [1.807, 2.05) is 13.8 Å². The Labute approximate surface area is 124 Å². The van der Waals surface area contributed by atoms with Crippen molar-refractivity contribution >= 4 is 17.9 Å². The topological polar surface area (TPSA) is 90.0 Å². The number of carboxylic acids is 1. The zero-order chi connectivity index (χ0) is 15.8. The monoisotopic (exact) mass is 297 g/mol. The lowest BCUT2D eigenvalue weighted by molar-refractivity contribution is -0.142. The van der Waals surface area contributed by atoms with Crippen molar-refractivity contribution in [3.05, 3.63) is 0 Å². The number of carbonyl (C=O) groups excluding carboxylic acids is 2. The second-order valence-electron chi connectivity index (χ2n) is 6.34. The van der Waals surface area contributed by atoms with Crippen molar-refractivity contribution in [1.82, 2.24) is 15.1 Å². The highest BCUT2D eigenvalue weighted by Gasteiger charge is 2.46. The average Bonchev–Trinajstić information content (AvgIpc) is 3.01. The van der Waals surface area contributed by atoms with E-state index < -0.39 is 17.4 Å². The standard InChI is InChI=1S/C14H23N3O4/c1-9-4-6-17(10(9)11(18)19)13(21)16-7-5-14(2,8-16)12(20)15-3/h9-10H,4-8H2,1-3H3,(H,15,20)(H,18,19). The van der Waals surface area contributed by atoms with Crippen LogP contribution in [0.1, 0.15) is 26.7 Å². The Balaban J connectivity index is 2.08. The lowest BCUT2D eigenvalue weighted by Crippen LogP contribution is -2.49. The van der Waals surface area contributed by atoms with Gasteiger partial charge in [-0.3, -0.25) is 4.79 Å². The van der Waals surface area contributed by atoms with Crippen LogP contribution in [0, 0.1) is 11.3 Å². The third kappa shape index (κ3) is 2.69. The van der Waals surface area contributed by atoms with Gasteiger partial charge in [0.25, 0.3) is 0 Å². The minimum atomic E-state index is -0.957. The predicted molar refractivity (Wildman–Crippen MR) is 75.7 cm³/mol. The highest BCUT2D eigenvalue weighted by molar-refractivity contribution is 5.86. The summed E-state index contributed by atoms with van der Waals surface area (Å²) in [5, 5.41) is 11.9. The van der Waals surface area contributed by atoms with Crippen molar-refractivity contribution < 1.29 is 19.5 Å². The zero-order valence-electron chi connectivity index (χ0n) is 12.8. The van der Waals surface area contributed by atoms with Crippen LogP contribution in [0.3, 0.4) is 0 Å². The summed E-state index contributed by atoms with van der Waals surface area (Å²) in [6, 6.07) is -1.02. The molecule has 0 saturated carbocycles. The normalized spacial score (nSPS) is 32.3. The van der Waals surface area contributed by atoms with Crippen molar-refractivity contribution in [1.29, 1.82) is 0 Å². The molecule has 0 radical (unpaired) electrons. The Morgan fingerprint density at radius 2 is 1.95 bits per heavy atom. The molecule has 3 amide bonds. The second kappa shape index (κ2) is 5.54. The molecule has 0 spiro atoms. The van der Waals surface area contributed by atoms with E-state index in [0.29, 0.717) is 32.5 Å². The molecular formula is C14H23N3O4. The van der Waals surface area contributed by atoms with Crippen LogP contribution in [0.2, 0.25) is 0 Å². The van der Waals surface area contributed by atoms with Crippen LogP contribution >= 0.6 is 0 Å². The van der Waals surface area contributed by atoms with Gasteiger partial charge in [0.1, 0.15) is 6.04 Å². The molecule has 0 aliphatic carbocycles. The van der Waals surface area contributed by atoms with Crippen LogP contribution in [0.25, 0.3) is 0 Å². The zero-order valence-corrected chi connectivity index (χ0v) is 12.8. The third-order valence-corrected chi connectivity index (χ3v) is 4.72. The molecule has 2 fully saturated rings. The molecular weight excluding hydrogens is 274 g/mol. The summed E-state index contributed by atoms with van der Waals surface area (Å²) in [5.41, 5.74) is -0.589. The molecule has 2 N–H and O–H groups in total. The van der Waals surface area contributed by atoms with Crippen molar-refractivity contribution in [3.8, 4) is 0 Å². The van der Waals surface area contributed by atoms with Gasteiger partial charge in [-0.2, -0.15) is 0 Å². The maximum atomic E-state index is 12.6. The van der Waals surface area contributed by atoms with Crippen LogP contribution in [0.5, 0.6) is 0 Å². The lowest BCUT2D eigenvalue weighted by atomic mass is 9.89. The van der Waals surface area contributed by atoms with Crippen molar-refractivity contribution in [2.24, 2.45) is 11.3 Å². The number of nitrogens with one attached hydrogen (secondary N) is 1. The van der Waals surface area contributed by atoms with Crippen LogP contribution in [-0.4, -0.2) is 65.5 Å². The first kappa shape index (κ1) is 15.6. The van der Waals surface area contributed by atoms with Crippen molar-refractivity contribution in [2.75, 3.05) is 26.7 Å². The smallest absolute Gasteiger partial charge is 0.326 e. The quantitative estimate of drug-likeness (QED) is 0.770. The van der Waals surface area contributed by atoms with Crippen LogP contribution in [-0.2, 0) is 9.59 Å². The molecule has 118 valence electrons. The fourth-order valence-electron chi connectivity index (χ4n) is 3.33. The summed E-state index contributed by atoms with van der Waals surface area (Å²) in [7, 11) is 1.58. The van der Waals surface area contributed by atoms with E-state index in [1.165, 1.54) is 4.90 Å². The van der Waals surface area contributed by atoms with E-state index in [1.54, 1.807) is 11.9 Å². The molecule has 0 aromatic heterocycles. The number of nitrogens with zero attached hydrogens (tertiary/aromatic N) is 2. The van der Waals surface area contributed by atoms with Gasteiger partial charge in [-0.05, 0) is 25.7 Å². The maximum Gasteiger partial charge on any atom is 0.326 e. The minimum Gasteiger partial charge on any atom is -0.480 e. The number of rotatable bonds is 2. The molecule has 7 heteroatoms. The number of urea groups is 1. The third-order valence-electron chi connectivity index (χ3n) is 4.72. The summed E-state index contributed by atoms with van der Waals surface area (Å²) in [6.45, 7) is 4.97. The summed E-state index contributed by atoms with van der Waals surface area (Å²) >= 11 is 0. The summed E-state index contributed by atoms with van der Waals surface area (Å²) in [5.74, 6) is -1.08. The molecule has 0 bridgehead atoms. The van der Waals surface area contributed by atoms with Gasteiger partial charge in [0, 0.05) is 26.7 Å². The van der Waals surface area contributed by atoms with Gasteiger partial charge >= 0.3 is 12.0 Å². The Morgan fingerprint density at radius 3 is 2.52 bits per heavy atom. The van der Waals surface area contributed by atoms with E-state index in [-0.39, 0.29) is 17.9 Å². The van der Waals surface area contributed by atoms with E-state index in [9.17, 15) is 19.5 Å². The number of carbonyl (C=O) groups is 3. The van der Waals surface area contributed by atoms with Gasteiger partial charge in [-0.25, -0.2) is 9.59 Å². The number of aliphatic carboxylic acids is 1. The van der Waals surface area contributed by atoms with E-state index in [4.69, 9.17) is 0 Å². The molecule has 2 saturated heterocycles. The number of amides is 3. The summed E-state index contributed by atoms with van der Waals surface area (Å²) in [4.78, 5) is 38.8. The molecule has 2 rings (SSSR count). The Hall–Kier alpha value is -1.79. The van der Waals surface area contributed by atoms with E-state index in [0.717, 1.165) is 0 Å². The highest BCUT2D eigenvalue weighted by Crippen LogP contribution is 2.33. The predicted octanol–water partition coefficient (Wildman–Crippen LogP) is 0.359. The first-order valence-corrected chi connectivity index (χ1v) is 7.30. The molecule has 0 aromatic rings. The summed E-state index contributed by atoms with van der Waals surface area (Å²) < 4.78 is 0. The molecule has 2 aliphatic rings. The fraction of sp³-hybridized carbons (Fsp3) is 0.786. The molecule has 3 atom stereocenters. The highest BCUT2D eigenvalue weighted by atomic mass is 16.4. The Kier molecular flexibility index (Phi) is 4.11. The second-order valence-corrected chi connectivity index (χ2v) is 6.34. The van der Waals surface area contributed by atoms with Gasteiger partial charge in [0.05, 0.1) is 5.41 Å². The van der Waals surface area contributed by atoms with Gasteiger partial charge in [-0.1, -0.05) is 6.92 Å². The van der Waals surface area contributed by atoms with E-state index >= 15 is 0 Å². The van der Waals surface area contributed by atoms with Gasteiger partial charge < -0.3 is 20.2 Å². The first-order valence-electron chi connectivity index (χ1n) is 7.30. The Bertz CT molecular complexity index is 467. The van der Waals surface area contributed by atoms with Crippen molar-refractivity contribution in [2.45, 2.75) is 32.7 Å². The van der Waals surface area contributed by atoms with Gasteiger partial charge in [-0.15, -0.1) is 0 Å². The number of hydrogen-bond donors (Lipinski definition) is 2. The molecule has 21 heavy (non-hydrogen) atoms. The van der Waals surface area contributed by atoms with E-state index in [2.05, 4.69) is 5.32 Å². The minimum absolute atomic E-state index is 0.0422. The van der Waals surface area contributed by atoms with Crippen LogP contribution < -0.4 is 5.32 Å². The molecule has 2 aliphatic heterocycles. The molecule has 2 heterocycles. The lowest BCUT2D eigenvalue weighted by Gasteiger charge is -2.29. The first-order chi connectivity index (χ1) is 9.80.